The molecule has 4 heteroatoms. The lowest BCUT2D eigenvalue weighted by molar-refractivity contribution is 0.390. The van der Waals surface area contributed by atoms with Crippen molar-refractivity contribution in [3.63, 3.8) is 0 Å². The monoisotopic (exact) mass is 259 g/mol. The minimum Gasteiger partial charge on any atom is -0.497 e. The molecule has 17 heavy (non-hydrogen) atoms. The SMILES string of the molecule is COc1ccc(OC)c([C@H](N)CC(C)C)c1.Cl. The van der Waals surface area contributed by atoms with Crippen molar-refractivity contribution in [2.75, 3.05) is 14.2 Å². The molecule has 0 amide bonds. The van der Waals surface area contributed by atoms with Gasteiger partial charge in [0.1, 0.15) is 11.5 Å². The molecule has 0 fully saturated rings. The van der Waals surface area contributed by atoms with Gasteiger partial charge in [-0.05, 0) is 30.5 Å². The van der Waals surface area contributed by atoms with E-state index in [2.05, 4.69) is 13.8 Å². The normalized spacial score (nSPS) is 11.9. The molecule has 0 aliphatic carbocycles. The molecular weight excluding hydrogens is 238 g/mol. The number of nitrogens with two attached hydrogens (primary N) is 1. The molecule has 0 saturated carbocycles. The number of halogens is 1. The lowest BCUT2D eigenvalue weighted by Crippen LogP contribution is -2.14. The van der Waals surface area contributed by atoms with E-state index in [4.69, 9.17) is 15.2 Å². The van der Waals surface area contributed by atoms with Crippen molar-refractivity contribution in [3.8, 4) is 11.5 Å². The van der Waals surface area contributed by atoms with Crippen molar-refractivity contribution in [2.24, 2.45) is 11.7 Å². The first kappa shape index (κ1) is 16.1. The molecule has 1 atom stereocenters. The topological polar surface area (TPSA) is 44.5 Å². The number of rotatable bonds is 5. The Morgan fingerprint density at radius 1 is 1.18 bits per heavy atom. The lowest BCUT2D eigenvalue weighted by atomic mass is 9.97. The van der Waals surface area contributed by atoms with Crippen molar-refractivity contribution in [3.05, 3.63) is 23.8 Å². The minimum absolute atomic E-state index is 0. The van der Waals surface area contributed by atoms with Crippen molar-refractivity contribution in [1.29, 1.82) is 0 Å². The van der Waals surface area contributed by atoms with E-state index in [1.54, 1.807) is 14.2 Å². The van der Waals surface area contributed by atoms with Crippen molar-refractivity contribution in [2.45, 2.75) is 26.3 Å². The van der Waals surface area contributed by atoms with Crippen LogP contribution in [-0.2, 0) is 0 Å². The molecular formula is C13H22ClNO2. The molecule has 0 saturated heterocycles. The standard InChI is InChI=1S/C13H21NO2.ClH/c1-9(2)7-12(14)11-8-10(15-3)5-6-13(11)16-4;/h5-6,8-9,12H,7,14H2,1-4H3;1H/t12-;/m1./s1. The maximum absolute atomic E-state index is 6.16. The van der Waals surface area contributed by atoms with E-state index in [0.29, 0.717) is 5.92 Å². The number of methoxy groups -OCH3 is 2. The lowest BCUT2D eigenvalue weighted by Gasteiger charge is -2.18. The minimum atomic E-state index is -0.00921. The van der Waals surface area contributed by atoms with Gasteiger partial charge in [0, 0.05) is 11.6 Å². The molecule has 1 aromatic rings. The average molecular weight is 260 g/mol. The Morgan fingerprint density at radius 3 is 2.29 bits per heavy atom. The first-order chi connectivity index (χ1) is 7.58. The van der Waals surface area contributed by atoms with Gasteiger partial charge in [-0.3, -0.25) is 0 Å². The molecule has 0 radical (unpaired) electrons. The number of ether oxygens (including phenoxy) is 2. The molecule has 0 aliphatic rings. The Balaban J connectivity index is 0.00000256. The second kappa shape index (κ2) is 7.41. The van der Waals surface area contributed by atoms with Gasteiger partial charge in [-0.25, -0.2) is 0 Å². The van der Waals surface area contributed by atoms with E-state index in [1.165, 1.54) is 0 Å². The molecule has 0 aromatic heterocycles. The van der Waals surface area contributed by atoms with Crippen molar-refractivity contribution in [1.82, 2.24) is 0 Å². The Bertz CT molecular complexity index is 342. The third kappa shape index (κ3) is 4.44. The van der Waals surface area contributed by atoms with E-state index in [0.717, 1.165) is 23.5 Å². The Hall–Kier alpha value is -0.930. The highest BCUT2D eigenvalue weighted by atomic mass is 35.5. The van der Waals surface area contributed by atoms with Gasteiger partial charge in [0.25, 0.3) is 0 Å². The van der Waals surface area contributed by atoms with Crippen molar-refractivity contribution < 1.29 is 9.47 Å². The smallest absolute Gasteiger partial charge is 0.123 e. The van der Waals surface area contributed by atoms with Gasteiger partial charge in [0.05, 0.1) is 14.2 Å². The molecule has 0 spiro atoms. The van der Waals surface area contributed by atoms with Gasteiger partial charge < -0.3 is 15.2 Å². The molecule has 0 bridgehead atoms. The van der Waals surface area contributed by atoms with Gasteiger partial charge in [-0.1, -0.05) is 13.8 Å². The highest BCUT2D eigenvalue weighted by Gasteiger charge is 2.14. The summed E-state index contributed by atoms with van der Waals surface area (Å²) < 4.78 is 10.5. The molecule has 0 unspecified atom stereocenters. The van der Waals surface area contributed by atoms with Crippen LogP contribution in [0, 0.1) is 5.92 Å². The van der Waals surface area contributed by atoms with Crippen molar-refractivity contribution >= 4 is 12.4 Å². The predicted octanol–water partition coefficient (Wildman–Crippen LogP) is 3.17. The largest absolute Gasteiger partial charge is 0.497 e. The summed E-state index contributed by atoms with van der Waals surface area (Å²) >= 11 is 0. The number of hydrogen-bond acceptors (Lipinski definition) is 3. The zero-order chi connectivity index (χ0) is 12.1. The molecule has 0 heterocycles. The van der Waals surface area contributed by atoms with Crippen LogP contribution in [0.5, 0.6) is 11.5 Å². The van der Waals surface area contributed by atoms with Gasteiger partial charge in [0.2, 0.25) is 0 Å². The molecule has 1 aromatic carbocycles. The third-order valence-corrected chi connectivity index (χ3v) is 2.56. The fraction of sp³-hybridized carbons (Fsp3) is 0.538. The van der Waals surface area contributed by atoms with Crippen LogP contribution >= 0.6 is 12.4 Å². The third-order valence-electron chi connectivity index (χ3n) is 2.56. The quantitative estimate of drug-likeness (QED) is 0.883. The Morgan fingerprint density at radius 2 is 1.82 bits per heavy atom. The first-order valence-electron chi connectivity index (χ1n) is 5.56. The number of benzene rings is 1. The Labute approximate surface area is 110 Å². The van der Waals surface area contributed by atoms with E-state index in [1.807, 2.05) is 18.2 Å². The average Bonchev–Trinajstić information content (AvgIpc) is 2.27. The summed E-state index contributed by atoms with van der Waals surface area (Å²) in [5.74, 6) is 2.20. The van der Waals surface area contributed by atoms with Crippen LogP contribution in [0.25, 0.3) is 0 Å². The van der Waals surface area contributed by atoms with E-state index in [-0.39, 0.29) is 18.4 Å². The highest BCUT2D eigenvalue weighted by molar-refractivity contribution is 5.85. The molecule has 98 valence electrons. The van der Waals surface area contributed by atoms with E-state index < -0.39 is 0 Å². The van der Waals surface area contributed by atoms with Gasteiger partial charge in [-0.15, -0.1) is 12.4 Å². The summed E-state index contributed by atoms with van der Waals surface area (Å²) in [6, 6.07) is 5.72. The zero-order valence-corrected chi connectivity index (χ0v) is 11.7. The molecule has 3 nitrogen and oxygen atoms in total. The summed E-state index contributed by atoms with van der Waals surface area (Å²) in [5, 5.41) is 0. The summed E-state index contributed by atoms with van der Waals surface area (Å²) in [7, 11) is 3.31. The molecule has 0 aliphatic heterocycles. The highest BCUT2D eigenvalue weighted by Crippen LogP contribution is 2.31. The molecule has 2 N–H and O–H groups in total. The summed E-state index contributed by atoms with van der Waals surface area (Å²) in [4.78, 5) is 0. The summed E-state index contributed by atoms with van der Waals surface area (Å²) in [6.45, 7) is 4.32. The van der Waals surface area contributed by atoms with E-state index in [9.17, 15) is 0 Å². The van der Waals surface area contributed by atoms with Crippen LogP contribution in [0.15, 0.2) is 18.2 Å². The Kier molecular flexibility index (Phi) is 7.00. The number of hydrogen-bond donors (Lipinski definition) is 1. The van der Waals surface area contributed by atoms with Crippen LogP contribution < -0.4 is 15.2 Å². The van der Waals surface area contributed by atoms with Crippen LogP contribution in [0.4, 0.5) is 0 Å². The van der Waals surface area contributed by atoms with Crippen LogP contribution in [0.1, 0.15) is 31.9 Å². The summed E-state index contributed by atoms with van der Waals surface area (Å²) in [6.07, 6.45) is 0.934. The summed E-state index contributed by atoms with van der Waals surface area (Å²) in [5.41, 5.74) is 7.17. The van der Waals surface area contributed by atoms with Gasteiger partial charge >= 0.3 is 0 Å². The van der Waals surface area contributed by atoms with Crippen LogP contribution in [0.2, 0.25) is 0 Å². The van der Waals surface area contributed by atoms with Gasteiger partial charge in [0.15, 0.2) is 0 Å². The first-order valence-corrected chi connectivity index (χ1v) is 5.56. The fourth-order valence-electron chi connectivity index (χ4n) is 1.76. The maximum atomic E-state index is 6.16. The second-order valence-electron chi connectivity index (χ2n) is 4.34. The van der Waals surface area contributed by atoms with E-state index >= 15 is 0 Å². The maximum Gasteiger partial charge on any atom is 0.123 e. The fourth-order valence-corrected chi connectivity index (χ4v) is 1.76. The molecule has 1 rings (SSSR count). The van der Waals surface area contributed by atoms with Crippen LogP contribution in [0.3, 0.4) is 0 Å². The zero-order valence-electron chi connectivity index (χ0n) is 10.9. The van der Waals surface area contributed by atoms with Crippen LogP contribution in [-0.4, -0.2) is 14.2 Å². The second-order valence-corrected chi connectivity index (χ2v) is 4.34. The predicted molar refractivity (Wildman–Crippen MR) is 73.2 cm³/mol. The van der Waals surface area contributed by atoms with Gasteiger partial charge in [-0.2, -0.15) is 0 Å².